The van der Waals surface area contributed by atoms with Crippen LogP contribution in [-0.4, -0.2) is 25.5 Å². The van der Waals surface area contributed by atoms with Crippen LogP contribution in [0.15, 0.2) is 0 Å². The van der Waals surface area contributed by atoms with Crippen molar-refractivity contribution >= 4 is 5.91 Å². The lowest BCUT2D eigenvalue weighted by molar-refractivity contribution is -0.125. The van der Waals surface area contributed by atoms with Gasteiger partial charge in [0.05, 0.1) is 0 Å². The normalized spacial score (nSPS) is 17.7. The topological polar surface area (TPSA) is 41.1 Å². The molecule has 1 amide bonds. The number of nitrogens with one attached hydrogen (secondary N) is 2. The quantitative estimate of drug-likeness (QED) is 0.679. The first kappa shape index (κ1) is 13.5. The Kier molecular flexibility index (Phi) is 6.46. The minimum Gasteiger partial charge on any atom is -0.356 e. The van der Waals surface area contributed by atoms with Crippen molar-refractivity contribution in [2.45, 2.75) is 46.0 Å². The molecule has 0 bridgehead atoms. The van der Waals surface area contributed by atoms with Crippen molar-refractivity contribution in [3.63, 3.8) is 0 Å². The Hall–Kier alpha value is -0.570. The Bertz CT molecular complexity index is 198. The lowest BCUT2D eigenvalue weighted by Gasteiger charge is -2.21. The van der Waals surface area contributed by atoms with Gasteiger partial charge in [-0.2, -0.15) is 0 Å². The Morgan fingerprint density at radius 2 is 2.00 bits per heavy atom. The van der Waals surface area contributed by atoms with Crippen LogP contribution in [0, 0.1) is 11.8 Å². The molecule has 1 aliphatic rings. The standard InChI is InChI=1S/C13H26N2O/c1-11(2)5-3-4-8-15-13(16)12-6-9-14-10-7-12/h11-12,14H,3-10H2,1-2H3,(H,15,16). The van der Waals surface area contributed by atoms with Crippen molar-refractivity contribution in [1.29, 1.82) is 0 Å². The Morgan fingerprint density at radius 1 is 1.31 bits per heavy atom. The molecule has 0 radical (unpaired) electrons. The largest absolute Gasteiger partial charge is 0.356 e. The van der Waals surface area contributed by atoms with Crippen molar-refractivity contribution in [2.24, 2.45) is 11.8 Å². The second kappa shape index (κ2) is 7.66. The average molecular weight is 226 g/mol. The molecule has 1 aliphatic heterocycles. The average Bonchev–Trinajstić information content (AvgIpc) is 2.29. The first-order valence-corrected chi connectivity index (χ1v) is 6.68. The molecule has 0 saturated carbocycles. The molecule has 3 heteroatoms. The molecule has 3 nitrogen and oxygen atoms in total. The molecule has 94 valence electrons. The molecule has 16 heavy (non-hydrogen) atoms. The maximum atomic E-state index is 11.8. The van der Waals surface area contributed by atoms with E-state index in [0.29, 0.717) is 0 Å². The van der Waals surface area contributed by atoms with Gasteiger partial charge in [0.15, 0.2) is 0 Å². The Labute approximate surface area is 99.4 Å². The maximum absolute atomic E-state index is 11.8. The van der Waals surface area contributed by atoms with E-state index in [9.17, 15) is 4.79 Å². The summed E-state index contributed by atoms with van der Waals surface area (Å²) >= 11 is 0. The molecule has 0 aromatic carbocycles. The van der Waals surface area contributed by atoms with E-state index in [-0.39, 0.29) is 11.8 Å². The second-order valence-corrected chi connectivity index (χ2v) is 5.20. The zero-order valence-corrected chi connectivity index (χ0v) is 10.7. The summed E-state index contributed by atoms with van der Waals surface area (Å²) in [6.07, 6.45) is 5.61. The van der Waals surface area contributed by atoms with Crippen molar-refractivity contribution in [2.75, 3.05) is 19.6 Å². The van der Waals surface area contributed by atoms with Gasteiger partial charge in [0, 0.05) is 12.5 Å². The van der Waals surface area contributed by atoms with Crippen molar-refractivity contribution < 1.29 is 4.79 Å². The fourth-order valence-electron chi connectivity index (χ4n) is 2.12. The van der Waals surface area contributed by atoms with Gasteiger partial charge in [0.2, 0.25) is 5.91 Å². The minimum absolute atomic E-state index is 0.256. The molecule has 0 aromatic heterocycles. The molecule has 1 fully saturated rings. The van der Waals surface area contributed by atoms with Gasteiger partial charge in [0.25, 0.3) is 0 Å². The molecular formula is C13H26N2O. The highest BCUT2D eigenvalue weighted by Crippen LogP contribution is 2.11. The van der Waals surface area contributed by atoms with Gasteiger partial charge in [0.1, 0.15) is 0 Å². The number of amides is 1. The zero-order chi connectivity index (χ0) is 11.8. The van der Waals surface area contributed by atoms with E-state index in [2.05, 4.69) is 24.5 Å². The third-order valence-electron chi connectivity index (χ3n) is 3.22. The zero-order valence-electron chi connectivity index (χ0n) is 10.7. The molecule has 0 atom stereocenters. The van der Waals surface area contributed by atoms with Crippen LogP contribution in [0.5, 0.6) is 0 Å². The first-order valence-electron chi connectivity index (χ1n) is 6.68. The predicted octanol–water partition coefficient (Wildman–Crippen LogP) is 1.93. The highest BCUT2D eigenvalue weighted by molar-refractivity contribution is 5.78. The fourth-order valence-corrected chi connectivity index (χ4v) is 2.12. The number of piperidine rings is 1. The summed E-state index contributed by atoms with van der Waals surface area (Å²) in [4.78, 5) is 11.8. The summed E-state index contributed by atoms with van der Waals surface area (Å²) < 4.78 is 0. The van der Waals surface area contributed by atoms with E-state index >= 15 is 0 Å². The number of hydrogen-bond donors (Lipinski definition) is 2. The predicted molar refractivity (Wildman–Crippen MR) is 67.3 cm³/mol. The van der Waals surface area contributed by atoms with Crippen LogP contribution in [0.1, 0.15) is 46.0 Å². The second-order valence-electron chi connectivity index (χ2n) is 5.20. The molecule has 0 aliphatic carbocycles. The summed E-state index contributed by atoms with van der Waals surface area (Å²) in [5, 5.41) is 6.34. The SMILES string of the molecule is CC(C)CCCCNC(=O)C1CCNCC1. The van der Waals surface area contributed by atoms with Crippen LogP contribution < -0.4 is 10.6 Å². The molecular weight excluding hydrogens is 200 g/mol. The minimum atomic E-state index is 0.256. The van der Waals surface area contributed by atoms with E-state index in [1.165, 1.54) is 12.8 Å². The van der Waals surface area contributed by atoms with Gasteiger partial charge < -0.3 is 10.6 Å². The van der Waals surface area contributed by atoms with E-state index < -0.39 is 0 Å². The molecule has 0 aromatic rings. The van der Waals surface area contributed by atoms with Gasteiger partial charge in [-0.3, -0.25) is 4.79 Å². The molecule has 2 N–H and O–H groups in total. The van der Waals surface area contributed by atoms with Crippen molar-refractivity contribution in [3.8, 4) is 0 Å². The molecule has 0 spiro atoms. The van der Waals surface area contributed by atoms with Crippen LogP contribution in [0.4, 0.5) is 0 Å². The van der Waals surface area contributed by atoms with Gasteiger partial charge >= 0.3 is 0 Å². The summed E-state index contributed by atoms with van der Waals surface area (Å²) in [6.45, 7) is 7.33. The van der Waals surface area contributed by atoms with Gasteiger partial charge in [-0.25, -0.2) is 0 Å². The van der Waals surface area contributed by atoms with Gasteiger partial charge in [-0.05, 0) is 38.3 Å². The van der Waals surface area contributed by atoms with E-state index in [0.717, 1.165) is 44.8 Å². The summed E-state index contributed by atoms with van der Waals surface area (Å²) in [5.41, 5.74) is 0. The third-order valence-corrected chi connectivity index (χ3v) is 3.22. The Balaban J connectivity index is 2.01. The third kappa shape index (κ3) is 5.50. The maximum Gasteiger partial charge on any atom is 0.223 e. The van der Waals surface area contributed by atoms with Crippen LogP contribution in [0.25, 0.3) is 0 Å². The van der Waals surface area contributed by atoms with Crippen LogP contribution in [0.3, 0.4) is 0 Å². The lowest BCUT2D eigenvalue weighted by atomic mass is 9.97. The molecule has 1 rings (SSSR count). The molecule has 0 unspecified atom stereocenters. The fraction of sp³-hybridized carbons (Fsp3) is 0.923. The van der Waals surface area contributed by atoms with Crippen LogP contribution >= 0.6 is 0 Å². The highest BCUT2D eigenvalue weighted by atomic mass is 16.1. The summed E-state index contributed by atoms with van der Waals surface area (Å²) in [5.74, 6) is 1.30. The smallest absolute Gasteiger partial charge is 0.223 e. The van der Waals surface area contributed by atoms with E-state index in [1.807, 2.05) is 0 Å². The Morgan fingerprint density at radius 3 is 2.62 bits per heavy atom. The van der Waals surface area contributed by atoms with Crippen molar-refractivity contribution in [1.82, 2.24) is 10.6 Å². The lowest BCUT2D eigenvalue weighted by Crippen LogP contribution is -2.38. The van der Waals surface area contributed by atoms with Crippen molar-refractivity contribution in [3.05, 3.63) is 0 Å². The number of unbranched alkanes of at least 4 members (excludes halogenated alkanes) is 1. The number of hydrogen-bond acceptors (Lipinski definition) is 2. The molecule has 1 heterocycles. The van der Waals surface area contributed by atoms with Crippen LogP contribution in [0.2, 0.25) is 0 Å². The highest BCUT2D eigenvalue weighted by Gasteiger charge is 2.19. The van der Waals surface area contributed by atoms with Crippen LogP contribution in [-0.2, 0) is 4.79 Å². The summed E-state index contributed by atoms with van der Waals surface area (Å²) in [7, 11) is 0. The first-order chi connectivity index (χ1) is 7.70. The monoisotopic (exact) mass is 226 g/mol. The molecule has 1 saturated heterocycles. The van der Waals surface area contributed by atoms with E-state index in [1.54, 1.807) is 0 Å². The van der Waals surface area contributed by atoms with Gasteiger partial charge in [-0.15, -0.1) is 0 Å². The number of rotatable bonds is 6. The van der Waals surface area contributed by atoms with Gasteiger partial charge in [-0.1, -0.05) is 26.7 Å². The van der Waals surface area contributed by atoms with E-state index in [4.69, 9.17) is 0 Å². The summed E-state index contributed by atoms with van der Waals surface area (Å²) in [6, 6.07) is 0. The number of carbonyl (C=O) groups is 1. The number of carbonyl (C=O) groups excluding carboxylic acids is 1.